The van der Waals surface area contributed by atoms with E-state index in [0.29, 0.717) is 21.0 Å². The summed E-state index contributed by atoms with van der Waals surface area (Å²) in [5.41, 5.74) is 0.519. The summed E-state index contributed by atoms with van der Waals surface area (Å²) in [5, 5.41) is 13.8. The van der Waals surface area contributed by atoms with E-state index in [9.17, 15) is 14.9 Å². The minimum atomic E-state index is -0.723. The zero-order chi connectivity index (χ0) is 16.6. The second kappa shape index (κ2) is 5.86. The molecule has 1 amide bonds. The van der Waals surface area contributed by atoms with Crippen LogP contribution in [0.1, 0.15) is 10.6 Å². The number of hydrogen-bond acceptors (Lipinski definition) is 7. The summed E-state index contributed by atoms with van der Waals surface area (Å²) < 4.78 is 10.7. The fraction of sp³-hybridized carbons (Fsp3) is 0.0769. The van der Waals surface area contributed by atoms with Crippen LogP contribution in [-0.2, 0) is 0 Å². The van der Waals surface area contributed by atoms with Crippen LogP contribution in [-0.4, -0.2) is 22.9 Å². The Bertz CT molecular complexity index is 920. The first kappa shape index (κ1) is 15.3. The van der Waals surface area contributed by atoms with Gasteiger partial charge in [-0.05, 0) is 18.2 Å². The SMILES string of the molecule is COc1ccc(Cl)c2sc(NC(=O)c3ccc([N+](=O)[O-])o3)nc12. The van der Waals surface area contributed by atoms with Crippen LogP contribution in [0.25, 0.3) is 10.2 Å². The highest BCUT2D eigenvalue weighted by atomic mass is 35.5. The van der Waals surface area contributed by atoms with Gasteiger partial charge in [-0.25, -0.2) is 4.98 Å². The highest BCUT2D eigenvalue weighted by molar-refractivity contribution is 7.23. The summed E-state index contributed by atoms with van der Waals surface area (Å²) >= 11 is 7.26. The Hall–Kier alpha value is -2.65. The molecular weight excluding hydrogens is 346 g/mol. The normalized spacial score (nSPS) is 10.7. The third kappa shape index (κ3) is 2.83. The summed E-state index contributed by atoms with van der Waals surface area (Å²) in [6.45, 7) is 0. The number of furan rings is 1. The molecule has 1 aromatic carbocycles. The molecule has 118 valence electrons. The van der Waals surface area contributed by atoms with Crippen molar-refractivity contribution in [3.8, 4) is 5.75 Å². The topological polar surface area (TPSA) is 108 Å². The van der Waals surface area contributed by atoms with Gasteiger partial charge in [-0.15, -0.1) is 0 Å². The molecule has 0 atom stereocenters. The second-order valence-corrected chi connectivity index (χ2v) is 5.70. The Morgan fingerprint density at radius 1 is 1.43 bits per heavy atom. The summed E-state index contributed by atoms with van der Waals surface area (Å²) in [6.07, 6.45) is 0. The Labute approximate surface area is 137 Å². The number of ether oxygens (including phenoxy) is 1. The Morgan fingerprint density at radius 2 is 2.22 bits per heavy atom. The van der Waals surface area contributed by atoms with E-state index < -0.39 is 16.7 Å². The molecule has 3 aromatic rings. The summed E-state index contributed by atoms with van der Waals surface area (Å²) in [6, 6.07) is 5.66. The first-order chi connectivity index (χ1) is 11.0. The van der Waals surface area contributed by atoms with Crippen molar-refractivity contribution in [1.82, 2.24) is 4.98 Å². The predicted molar refractivity (Wildman–Crippen MR) is 84.5 cm³/mol. The van der Waals surface area contributed by atoms with Gasteiger partial charge >= 0.3 is 5.88 Å². The molecule has 0 aliphatic heterocycles. The monoisotopic (exact) mass is 353 g/mol. The number of methoxy groups -OCH3 is 1. The number of aromatic nitrogens is 1. The molecule has 0 radical (unpaired) electrons. The molecule has 0 saturated heterocycles. The summed E-state index contributed by atoms with van der Waals surface area (Å²) in [7, 11) is 1.50. The van der Waals surface area contributed by atoms with Crippen LogP contribution in [0.3, 0.4) is 0 Å². The lowest BCUT2D eigenvalue weighted by Crippen LogP contribution is -2.10. The molecule has 2 heterocycles. The van der Waals surface area contributed by atoms with E-state index in [2.05, 4.69) is 10.3 Å². The van der Waals surface area contributed by atoms with Crippen LogP contribution in [0.5, 0.6) is 5.75 Å². The minimum absolute atomic E-state index is 0.186. The number of rotatable bonds is 4. The Morgan fingerprint density at radius 3 is 2.87 bits per heavy atom. The third-order valence-corrected chi connectivity index (χ3v) is 4.33. The van der Waals surface area contributed by atoms with Gasteiger partial charge in [0.25, 0.3) is 5.91 Å². The number of fused-ring (bicyclic) bond motifs is 1. The lowest BCUT2D eigenvalue weighted by Gasteiger charge is -2.00. The highest BCUT2D eigenvalue weighted by Gasteiger charge is 2.19. The first-order valence-corrected chi connectivity index (χ1v) is 7.37. The number of hydrogen-bond donors (Lipinski definition) is 1. The van der Waals surface area contributed by atoms with Crippen molar-refractivity contribution >= 4 is 50.1 Å². The van der Waals surface area contributed by atoms with Crippen molar-refractivity contribution in [2.75, 3.05) is 12.4 Å². The van der Waals surface area contributed by atoms with Crippen molar-refractivity contribution < 1.29 is 18.9 Å². The predicted octanol–water partition coefficient (Wildman–Crippen LogP) is 3.71. The fourth-order valence-electron chi connectivity index (χ4n) is 1.88. The van der Waals surface area contributed by atoms with Crippen molar-refractivity contribution in [2.24, 2.45) is 0 Å². The van der Waals surface area contributed by atoms with Crippen molar-refractivity contribution in [1.29, 1.82) is 0 Å². The van der Waals surface area contributed by atoms with E-state index >= 15 is 0 Å². The van der Waals surface area contributed by atoms with Gasteiger partial charge in [0.05, 0.1) is 22.9 Å². The van der Waals surface area contributed by atoms with E-state index in [4.69, 9.17) is 20.8 Å². The van der Waals surface area contributed by atoms with Crippen LogP contribution in [0.2, 0.25) is 5.02 Å². The van der Waals surface area contributed by atoms with Gasteiger partial charge < -0.3 is 9.15 Å². The molecule has 0 aliphatic carbocycles. The zero-order valence-electron chi connectivity index (χ0n) is 11.5. The average Bonchev–Trinajstić information content (AvgIpc) is 3.14. The fourth-order valence-corrected chi connectivity index (χ4v) is 3.03. The molecule has 2 aromatic heterocycles. The number of benzene rings is 1. The van der Waals surface area contributed by atoms with E-state index in [1.807, 2.05) is 0 Å². The van der Waals surface area contributed by atoms with Gasteiger partial charge in [0.2, 0.25) is 0 Å². The van der Waals surface area contributed by atoms with Gasteiger partial charge in [-0.3, -0.25) is 20.2 Å². The maximum absolute atomic E-state index is 12.0. The zero-order valence-corrected chi connectivity index (χ0v) is 13.1. The molecule has 0 spiro atoms. The average molecular weight is 354 g/mol. The molecule has 0 aliphatic rings. The molecule has 0 unspecified atom stereocenters. The van der Waals surface area contributed by atoms with Gasteiger partial charge in [-0.2, -0.15) is 0 Å². The molecule has 0 fully saturated rings. The quantitative estimate of drug-likeness (QED) is 0.565. The van der Waals surface area contributed by atoms with Gasteiger partial charge in [0, 0.05) is 0 Å². The maximum atomic E-state index is 12.0. The minimum Gasteiger partial charge on any atom is -0.494 e. The third-order valence-electron chi connectivity index (χ3n) is 2.89. The largest absolute Gasteiger partial charge is 0.494 e. The van der Waals surface area contributed by atoms with Crippen molar-refractivity contribution in [2.45, 2.75) is 0 Å². The van der Waals surface area contributed by atoms with Gasteiger partial charge in [-0.1, -0.05) is 22.9 Å². The number of nitrogens with zero attached hydrogens (tertiary/aromatic N) is 2. The Balaban J connectivity index is 1.90. The number of nitrogens with one attached hydrogen (secondary N) is 1. The van der Waals surface area contributed by atoms with E-state index in [1.54, 1.807) is 12.1 Å². The standard InChI is InChI=1S/C13H8ClN3O5S/c1-21-7-3-2-6(14)11-10(7)15-13(23-11)16-12(18)8-4-5-9(22-8)17(19)20/h2-5H,1H3,(H,15,16,18). The molecule has 10 heteroatoms. The number of thiazole rings is 1. The number of carbonyl (C=O) groups excluding carboxylic acids is 1. The van der Waals surface area contributed by atoms with E-state index in [0.717, 1.165) is 17.4 Å². The van der Waals surface area contributed by atoms with Crippen molar-refractivity contribution in [3.05, 3.63) is 45.2 Å². The molecule has 23 heavy (non-hydrogen) atoms. The molecule has 0 bridgehead atoms. The smallest absolute Gasteiger partial charge is 0.433 e. The van der Waals surface area contributed by atoms with E-state index in [1.165, 1.54) is 13.2 Å². The number of anilines is 1. The number of carbonyl (C=O) groups is 1. The molecule has 8 nitrogen and oxygen atoms in total. The maximum Gasteiger partial charge on any atom is 0.433 e. The van der Waals surface area contributed by atoms with Crippen LogP contribution in [0.4, 0.5) is 11.0 Å². The van der Waals surface area contributed by atoms with E-state index in [-0.39, 0.29) is 10.9 Å². The number of nitro groups is 1. The van der Waals surface area contributed by atoms with Crippen LogP contribution in [0.15, 0.2) is 28.7 Å². The van der Waals surface area contributed by atoms with Gasteiger partial charge in [0.1, 0.15) is 16.2 Å². The molecule has 3 rings (SSSR count). The van der Waals surface area contributed by atoms with Crippen LogP contribution in [0, 0.1) is 10.1 Å². The summed E-state index contributed by atoms with van der Waals surface area (Å²) in [5.74, 6) is -0.819. The second-order valence-electron chi connectivity index (χ2n) is 4.30. The van der Waals surface area contributed by atoms with Gasteiger partial charge in [0.15, 0.2) is 10.9 Å². The Kier molecular flexibility index (Phi) is 3.89. The van der Waals surface area contributed by atoms with Crippen molar-refractivity contribution in [3.63, 3.8) is 0 Å². The first-order valence-electron chi connectivity index (χ1n) is 6.18. The molecule has 0 saturated carbocycles. The summed E-state index contributed by atoms with van der Waals surface area (Å²) in [4.78, 5) is 26.1. The molecular formula is C13H8ClN3O5S. The lowest BCUT2D eigenvalue weighted by molar-refractivity contribution is -0.402. The van der Waals surface area contributed by atoms with Crippen LogP contribution < -0.4 is 10.1 Å². The number of halogens is 1. The molecule has 1 N–H and O–H groups in total. The lowest BCUT2D eigenvalue weighted by atomic mass is 10.3. The number of amides is 1. The highest BCUT2D eigenvalue weighted by Crippen LogP contribution is 2.37. The van der Waals surface area contributed by atoms with Crippen LogP contribution >= 0.6 is 22.9 Å².